The minimum absolute atomic E-state index is 0.00536. The lowest BCUT2D eigenvalue weighted by Crippen LogP contribution is -2.54. The van der Waals surface area contributed by atoms with Gasteiger partial charge in [-0.2, -0.15) is 0 Å². The Kier molecular flexibility index (Phi) is 4.81. The number of nitrogens with zero attached hydrogens (tertiary/aromatic N) is 3. The molecule has 25 heavy (non-hydrogen) atoms. The number of fused-ring (bicyclic) bond motifs is 1. The molecule has 0 aliphatic carbocycles. The fourth-order valence-electron chi connectivity index (χ4n) is 3.96. The maximum atomic E-state index is 12.6. The number of carbonyl (C=O) groups excluding carboxylic acids is 1. The standard InChI is InChI=1S/C19H27N3O3/c1-15(19(23)22-6-2-3-7-22)21-10-8-20(9-11-21)13-16-4-5-17-18(12-16)25-14-24-17/h4-5,12,15H,2-3,6-11,13-14H2,1H3. The van der Waals surface area contributed by atoms with Gasteiger partial charge in [-0.1, -0.05) is 6.07 Å². The zero-order valence-corrected chi connectivity index (χ0v) is 14.9. The van der Waals surface area contributed by atoms with Crippen LogP contribution in [0.5, 0.6) is 11.5 Å². The average molecular weight is 345 g/mol. The fourth-order valence-corrected chi connectivity index (χ4v) is 3.96. The summed E-state index contributed by atoms with van der Waals surface area (Å²) in [6.07, 6.45) is 2.31. The van der Waals surface area contributed by atoms with Crippen LogP contribution in [0.25, 0.3) is 0 Å². The first-order chi connectivity index (χ1) is 12.2. The molecule has 4 rings (SSSR count). The highest BCUT2D eigenvalue weighted by atomic mass is 16.7. The van der Waals surface area contributed by atoms with Gasteiger partial charge < -0.3 is 14.4 Å². The van der Waals surface area contributed by atoms with Gasteiger partial charge in [-0.15, -0.1) is 0 Å². The van der Waals surface area contributed by atoms with Gasteiger partial charge >= 0.3 is 0 Å². The molecule has 6 nitrogen and oxygen atoms in total. The van der Waals surface area contributed by atoms with E-state index in [0.717, 1.165) is 70.2 Å². The van der Waals surface area contributed by atoms with E-state index in [2.05, 4.69) is 28.9 Å². The summed E-state index contributed by atoms with van der Waals surface area (Å²) < 4.78 is 10.8. The van der Waals surface area contributed by atoms with Gasteiger partial charge in [0, 0.05) is 45.8 Å². The molecule has 1 atom stereocenters. The second-order valence-corrected chi connectivity index (χ2v) is 7.21. The smallest absolute Gasteiger partial charge is 0.239 e. The van der Waals surface area contributed by atoms with Crippen LogP contribution in [0.15, 0.2) is 18.2 Å². The zero-order chi connectivity index (χ0) is 17.2. The van der Waals surface area contributed by atoms with Crippen LogP contribution in [-0.4, -0.2) is 72.7 Å². The molecule has 0 bridgehead atoms. The number of amides is 1. The van der Waals surface area contributed by atoms with E-state index in [4.69, 9.17) is 9.47 Å². The van der Waals surface area contributed by atoms with Crippen LogP contribution >= 0.6 is 0 Å². The van der Waals surface area contributed by atoms with E-state index in [-0.39, 0.29) is 6.04 Å². The summed E-state index contributed by atoms with van der Waals surface area (Å²) in [6.45, 7) is 9.06. The van der Waals surface area contributed by atoms with E-state index in [1.165, 1.54) is 5.56 Å². The topological polar surface area (TPSA) is 45.3 Å². The summed E-state index contributed by atoms with van der Waals surface area (Å²) in [5.74, 6) is 1.99. The summed E-state index contributed by atoms with van der Waals surface area (Å²) in [4.78, 5) is 19.4. The first-order valence-electron chi connectivity index (χ1n) is 9.34. The van der Waals surface area contributed by atoms with Gasteiger partial charge in [0.15, 0.2) is 11.5 Å². The first kappa shape index (κ1) is 16.7. The molecule has 2 fully saturated rings. The number of rotatable bonds is 4. The Labute approximate surface area is 149 Å². The highest BCUT2D eigenvalue weighted by molar-refractivity contribution is 5.81. The molecule has 136 valence electrons. The van der Waals surface area contributed by atoms with Gasteiger partial charge in [0.25, 0.3) is 0 Å². The summed E-state index contributed by atoms with van der Waals surface area (Å²) >= 11 is 0. The van der Waals surface area contributed by atoms with Crippen LogP contribution in [0.2, 0.25) is 0 Å². The van der Waals surface area contributed by atoms with Crippen molar-refractivity contribution in [1.82, 2.24) is 14.7 Å². The first-order valence-corrected chi connectivity index (χ1v) is 9.34. The predicted molar refractivity (Wildman–Crippen MR) is 94.7 cm³/mol. The maximum Gasteiger partial charge on any atom is 0.239 e. The SMILES string of the molecule is CC(C(=O)N1CCCC1)N1CCN(Cc2ccc3c(c2)OCO3)CC1. The maximum absolute atomic E-state index is 12.6. The third kappa shape index (κ3) is 3.60. The Morgan fingerprint density at radius 1 is 1.04 bits per heavy atom. The van der Waals surface area contributed by atoms with Gasteiger partial charge in [-0.05, 0) is 37.5 Å². The van der Waals surface area contributed by atoms with E-state index >= 15 is 0 Å². The lowest BCUT2D eigenvalue weighted by molar-refractivity contribution is -0.136. The van der Waals surface area contributed by atoms with Crippen molar-refractivity contribution in [3.05, 3.63) is 23.8 Å². The highest BCUT2D eigenvalue weighted by Gasteiger charge is 2.29. The molecular formula is C19H27N3O3. The third-order valence-corrected chi connectivity index (χ3v) is 5.57. The molecule has 1 aromatic rings. The number of benzene rings is 1. The predicted octanol–water partition coefficient (Wildman–Crippen LogP) is 1.54. The Morgan fingerprint density at radius 2 is 1.76 bits per heavy atom. The van der Waals surface area contributed by atoms with Crippen molar-refractivity contribution < 1.29 is 14.3 Å². The quantitative estimate of drug-likeness (QED) is 0.828. The second-order valence-electron chi connectivity index (χ2n) is 7.21. The van der Waals surface area contributed by atoms with E-state index in [9.17, 15) is 4.79 Å². The molecule has 0 aromatic heterocycles. The van der Waals surface area contributed by atoms with Crippen LogP contribution in [0.1, 0.15) is 25.3 Å². The van der Waals surface area contributed by atoms with Crippen molar-refractivity contribution in [1.29, 1.82) is 0 Å². The van der Waals surface area contributed by atoms with E-state index in [0.29, 0.717) is 12.7 Å². The minimum atomic E-state index is 0.00536. The van der Waals surface area contributed by atoms with E-state index in [1.807, 2.05) is 11.0 Å². The van der Waals surface area contributed by atoms with Gasteiger partial charge in [-0.25, -0.2) is 0 Å². The van der Waals surface area contributed by atoms with Crippen LogP contribution in [0.4, 0.5) is 0 Å². The number of piperazine rings is 1. The van der Waals surface area contributed by atoms with Crippen molar-refractivity contribution in [2.75, 3.05) is 46.1 Å². The second kappa shape index (κ2) is 7.22. The summed E-state index contributed by atoms with van der Waals surface area (Å²) in [5.41, 5.74) is 1.25. The molecule has 1 amide bonds. The molecule has 2 saturated heterocycles. The highest BCUT2D eigenvalue weighted by Crippen LogP contribution is 2.32. The van der Waals surface area contributed by atoms with Gasteiger partial charge in [0.05, 0.1) is 6.04 Å². The zero-order valence-electron chi connectivity index (χ0n) is 14.9. The van der Waals surface area contributed by atoms with Crippen molar-refractivity contribution in [2.45, 2.75) is 32.4 Å². The fraction of sp³-hybridized carbons (Fsp3) is 0.632. The average Bonchev–Trinajstić information content (AvgIpc) is 3.32. The van der Waals surface area contributed by atoms with Gasteiger partial charge in [-0.3, -0.25) is 14.6 Å². The van der Waals surface area contributed by atoms with Crippen molar-refractivity contribution >= 4 is 5.91 Å². The monoisotopic (exact) mass is 345 g/mol. The molecule has 3 aliphatic heterocycles. The van der Waals surface area contributed by atoms with E-state index < -0.39 is 0 Å². The van der Waals surface area contributed by atoms with Crippen molar-refractivity contribution in [3.8, 4) is 11.5 Å². The lowest BCUT2D eigenvalue weighted by Gasteiger charge is -2.38. The Morgan fingerprint density at radius 3 is 2.52 bits per heavy atom. The Balaban J connectivity index is 1.28. The Bertz CT molecular complexity index is 622. The molecule has 3 aliphatic rings. The van der Waals surface area contributed by atoms with Crippen LogP contribution in [0.3, 0.4) is 0 Å². The molecule has 3 heterocycles. The number of carbonyl (C=O) groups is 1. The van der Waals surface area contributed by atoms with E-state index in [1.54, 1.807) is 0 Å². The largest absolute Gasteiger partial charge is 0.454 e. The van der Waals surface area contributed by atoms with Crippen LogP contribution in [0, 0.1) is 0 Å². The summed E-state index contributed by atoms with van der Waals surface area (Å²) in [6, 6.07) is 6.18. The van der Waals surface area contributed by atoms with Crippen LogP contribution < -0.4 is 9.47 Å². The lowest BCUT2D eigenvalue weighted by atomic mass is 10.1. The molecule has 1 unspecified atom stereocenters. The molecule has 0 saturated carbocycles. The number of hydrogen-bond acceptors (Lipinski definition) is 5. The number of likely N-dealkylation sites (tertiary alicyclic amines) is 1. The third-order valence-electron chi connectivity index (χ3n) is 5.57. The van der Waals surface area contributed by atoms with Crippen molar-refractivity contribution in [2.24, 2.45) is 0 Å². The molecule has 0 spiro atoms. The molecule has 0 N–H and O–H groups in total. The summed E-state index contributed by atoms with van der Waals surface area (Å²) in [7, 11) is 0. The molecule has 1 aromatic carbocycles. The summed E-state index contributed by atoms with van der Waals surface area (Å²) in [5, 5.41) is 0. The molecule has 0 radical (unpaired) electrons. The van der Waals surface area contributed by atoms with Crippen LogP contribution in [-0.2, 0) is 11.3 Å². The Hall–Kier alpha value is -1.79. The minimum Gasteiger partial charge on any atom is -0.454 e. The normalized spacial score (nSPS) is 22.4. The van der Waals surface area contributed by atoms with Gasteiger partial charge in [0.1, 0.15) is 0 Å². The van der Waals surface area contributed by atoms with Crippen molar-refractivity contribution in [3.63, 3.8) is 0 Å². The van der Waals surface area contributed by atoms with Gasteiger partial charge in [0.2, 0.25) is 12.7 Å². The number of ether oxygens (including phenoxy) is 2. The number of hydrogen-bond donors (Lipinski definition) is 0. The molecular weight excluding hydrogens is 318 g/mol. The molecule has 6 heteroatoms.